The van der Waals surface area contributed by atoms with E-state index in [-0.39, 0.29) is 29.4 Å². The fraction of sp³-hybridized carbons (Fsp3) is 0.176. The van der Waals surface area contributed by atoms with Gasteiger partial charge < -0.3 is 0 Å². The Hall–Kier alpha value is -2.96. The zero-order chi connectivity index (χ0) is 16.7. The Bertz CT molecular complexity index is 767. The fourth-order valence-corrected chi connectivity index (χ4v) is 3.16. The molecule has 1 aromatic heterocycles. The average Bonchev–Trinajstić information content (AvgIpc) is 3.08. The minimum absolute atomic E-state index is 0.0109. The zero-order valence-corrected chi connectivity index (χ0v) is 13.0. The highest BCUT2D eigenvalue weighted by molar-refractivity contribution is 7.11. The van der Waals surface area contributed by atoms with Crippen LogP contribution in [0.15, 0.2) is 53.4 Å². The van der Waals surface area contributed by atoms with Crippen LogP contribution in [0, 0.1) is 32.8 Å². The van der Waals surface area contributed by atoms with Crippen LogP contribution < -0.4 is 0 Å². The van der Waals surface area contributed by atoms with Crippen LogP contribution in [0.2, 0.25) is 0 Å². The van der Waals surface area contributed by atoms with Crippen molar-refractivity contribution in [2.75, 3.05) is 6.54 Å². The highest BCUT2D eigenvalue weighted by Gasteiger charge is 2.22. The van der Waals surface area contributed by atoms with Crippen molar-refractivity contribution < 1.29 is 4.92 Å². The van der Waals surface area contributed by atoms with Gasteiger partial charge in [-0.25, -0.2) is 0 Å². The van der Waals surface area contributed by atoms with Crippen LogP contribution >= 0.6 is 11.3 Å². The Labute approximate surface area is 137 Å². The number of hydrogen-bond donors (Lipinski definition) is 0. The van der Waals surface area contributed by atoms with E-state index in [9.17, 15) is 20.6 Å². The molecular formula is C17H13N3O2S. The van der Waals surface area contributed by atoms with Crippen LogP contribution in [0.3, 0.4) is 0 Å². The molecule has 1 heterocycles. The summed E-state index contributed by atoms with van der Waals surface area (Å²) in [5.74, 6) is -0.389. The highest BCUT2D eigenvalue weighted by atomic mass is 32.1. The fourth-order valence-electron chi connectivity index (χ4n) is 2.38. The molecule has 0 amide bonds. The topological polar surface area (TPSA) is 90.7 Å². The maximum Gasteiger partial charge on any atom is 0.211 e. The van der Waals surface area contributed by atoms with Gasteiger partial charge in [0.1, 0.15) is 17.7 Å². The van der Waals surface area contributed by atoms with E-state index in [1.165, 1.54) is 11.3 Å². The molecule has 0 aliphatic carbocycles. The molecule has 2 rings (SSSR count). The number of benzene rings is 1. The van der Waals surface area contributed by atoms with Gasteiger partial charge in [0.2, 0.25) is 6.54 Å². The van der Waals surface area contributed by atoms with Crippen molar-refractivity contribution in [1.82, 2.24) is 0 Å². The SMILES string of the molecule is N#CC(C#N)=C(CC(C[N+](=O)[O-])c1ccccc1)c1cccs1. The predicted molar refractivity (Wildman–Crippen MR) is 88.1 cm³/mol. The summed E-state index contributed by atoms with van der Waals surface area (Å²) in [5, 5.41) is 31.3. The summed E-state index contributed by atoms with van der Waals surface area (Å²) in [6, 6.07) is 16.6. The molecule has 0 spiro atoms. The van der Waals surface area contributed by atoms with E-state index in [0.29, 0.717) is 5.57 Å². The molecule has 6 heteroatoms. The van der Waals surface area contributed by atoms with Crippen LogP contribution in [-0.4, -0.2) is 11.5 Å². The van der Waals surface area contributed by atoms with E-state index in [2.05, 4.69) is 0 Å². The molecule has 0 saturated heterocycles. The van der Waals surface area contributed by atoms with E-state index in [1.807, 2.05) is 60.0 Å². The lowest BCUT2D eigenvalue weighted by Crippen LogP contribution is -2.13. The Balaban J connectivity index is 2.43. The Kier molecular flexibility index (Phi) is 5.62. The summed E-state index contributed by atoms with van der Waals surface area (Å²) in [4.78, 5) is 11.5. The van der Waals surface area contributed by atoms with E-state index >= 15 is 0 Å². The lowest BCUT2D eigenvalue weighted by atomic mass is 9.89. The molecular weight excluding hydrogens is 310 g/mol. The molecule has 0 bridgehead atoms. The van der Waals surface area contributed by atoms with Gasteiger partial charge in [0.15, 0.2) is 0 Å². The summed E-state index contributed by atoms with van der Waals surface area (Å²) in [6.07, 6.45) is 0.280. The summed E-state index contributed by atoms with van der Waals surface area (Å²) in [6.45, 7) is -0.247. The van der Waals surface area contributed by atoms with Gasteiger partial charge in [-0.15, -0.1) is 11.3 Å². The maximum atomic E-state index is 11.0. The summed E-state index contributed by atoms with van der Waals surface area (Å²) >= 11 is 1.42. The van der Waals surface area contributed by atoms with Gasteiger partial charge in [-0.05, 0) is 29.0 Å². The average molecular weight is 323 g/mol. The second-order valence-corrected chi connectivity index (χ2v) is 5.83. The van der Waals surface area contributed by atoms with Gasteiger partial charge in [0.25, 0.3) is 0 Å². The van der Waals surface area contributed by atoms with Gasteiger partial charge in [0.05, 0.1) is 5.92 Å². The standard InChI is InChI=1S/C17H13N3O2S/c18-10-15(11-19)16(17-7-4-8-23-17)9-14(12-20(21)22)13-5-2-1-3-6-13/h1-8,14H,9,12H2. The van der Waals surface area contributed by atoms with E-state index in [1.54, 1.807) is 0 Å². The smallest absolute Gasteiger partial charge is 0.211 e. The van der Waals surface area contributed by atoms with Crippen molar-refractivity contribution in [3.05, 3.63) is 74.0 Å². The van der Waals surface area contributed by atoms with Gasteiger partial charge in [0, 0.05) is 9.80 Å². The molecule has 2 aromatic rings. The molecule has 0 radical (unpaired) electrons. The molecule has 0 fully saturated rings. The number of nitriles is 2. The molecule has 0 N–H and O–H groups in total. The maximum absolute atomic E-state index is 11.0. The largest absolute Gasteiger partial charge is 0.265 e. The zero-order valence-electron chi connectivity index (χ0n) is 12.2. The summed E-state index contributed by atoms with van der Waals surface area (Å²) in [7, 11) is 0. The summed E-state index contributed by atoms with van der Waals surface area (Å²) in [5.41, 5.74) is 1.41. The van der Waals surface area contributed by atoms with Crippen molar-refractivity contribution >= 4 is 16.9 Å². The van der Waals surface area contributed by atoms with E-state index in [0.717, 1.165) is 10.4 Å². The Morgan fingerprint density at radius 2 is 1.87 bits per heavy atom. The lowest BCUT2D eigenvalue weighted by molar-refractivity contribution is -0.483. The third-order valence-electron chi connectivity index (χ3n) is 3.43. The second kappa shape index (κ2) is 7.88. The molecule has 23 heavy (non-hydrogen) atoms. The lowest BCUT2D eigenvalue weighted by Gasteiger charge is -2.15. The van der Waals surface area contributed by atoms with Crippen LogP contribution in [0.25, 0.3) is 5.57 Å². The molecule has 0 aliphatic rings. The van der Waals surface area contributed by atoms with Crippen molar-refractivity contribution in [2.24, 2.45) is 0 Å². The van der Waals surface area contributed by atoms with Gasteiger partial charge >= 0.3 is 0 Å². The normalized spacial score (nSPS) is 11.0. The second-order valence-electron chi connectivity index (χ2n) is 4.88. The number of hydrogen-bond acceptors (Lipinski definition) is 5. The van der Waals surface area contributed by atoms with Crippen molar-refractivity contribution in [2.45, 2.75) is 12.3 Å². The van der Waals surface area contributed by atoms with Crippen molar-refractivity contribution in [3.8, 4) is 12.1 Å². The monoisotopic (exact) mass is 323 g/mol. The number of nitrogens with zero attached hydrogens (tertiary/aromatic N) is 3. The third-order valence-corrected chi connectivity index (χ3v) is 4.36. The summed E-state index contributed by atoms with van der Waals surface area (Å²) < 4.78 is 0. The molecule has 5 nitrogen and oxygen atoms in total. The first-order chi connectivity index (χ1) is 11.2. The van der Waals surface area contributed by atoms with Crippen LogP contribution in [0.5, 0.6) is 0 Å². The predicted octanol–water partition coefficient (Wildman–Crippen LogP) is 4.00. The third kappa shape index (κ3) is 4.26. The Morgan fingerprint density at radius 3 is 2.39 bits per heavy atom. The molecule has 1 unspecified atom stereocenters. The van der Waals surface area contributed by atoms with Gasteiger partial charge in [-0.1, -0.05) is 36.4 Å². The number of thiophene rings is 1. The van der Waals surface area contributed by atoms with E-state index < -0.39 is 0 Å². The quantitative estimate of drug-likeness (QED) is 0.456. The van der Waals surface area contributed by atoms with Crippen LogP contribution in [0.4, 0.5) is 0 Å². The van der Waals surface area contributed by atoms with Gasteiger partial charge in [-0.3, -0.25) is 10.1 Å². The minimum Gasteiger partial charge on any atom is -0.265 e. The number of nitro groups is 1. The van der Waals surface area contributed by atoms with Crippen LogP contribution in [0.1, 0.15) is 22.8 Å². The van der Waals surface area contributed by atoms with E-state index in [4.69, 9.17) is 0 Å². The highest BCUT2D eigenvalue weighted by Crippen LogP contribution is 2.33. The first-order valence-electron chi connectivity index (χ1n) is 6.89. The molecule has 0 aliphatic heterocycles. The van der Waals surface area contributed by atoms with Crippen molar-refractivity contribution in [1.29, 1.82) is 10.5 Å². The van der Waals surface area contributed by atoms with Crippen LogP contribution in [-0.2, 0) is 0 Å². The minimum atomic E-state index is -0.389. The molecule has 1 atom stereocenters. The number of allylic oxidation sites excluding steroid dienone is 2. The molecule has 0 saturated carbocycles. The Morgan fingerprint density at radius 1 is 1.17 bits per heavy atom. The molecule has 114 valence electrons. The first-order valence-corrected chi connectivity index (χ1v) is 7.77. The van der Waals surface area contributed by atoms with Crippen molar-refractivity contribution in [3.63, 3.8) is 0 Å². The number of rotatable bonds is 6. The van der Waals surface area contributed by atoms with Gasteiger partial charge in [-0.2, -0.15) is 10.5 Å². The molecule has 1 aromatic carbocycles. The first kappa shape index (κ1) is 16.4.